The highest BCUT2D eigenvalue weighted by Gasteiger charge is 2.45. The molecule has 0 spiro atoms. The zero-order valence-corrected chi connectivity index (χ0v) is 26.2. The Hall–Kier alpha value is -1.91. The SMILES string of the molecule is CC1=CC[C@@H](C(C)=Cc2csc(C)n2)OC(=O)C[C@H](O)C(C)(C)C(=O)[C@H](C)[C@@H](O)[C@@H](C)CC2OC(C)(C)OC2C1. The molecule has 2 aliphatic rings. The van der Waals surface area contributed by atoms with Crippen molar-refractivity contribution < 1.29 is 34.0 Å². The molecule has 224 valence electrons. The smallest absolute Gasteiger partial charge is 0.309 e. The molecule has 0 aliphatic carbocycles. The molecule has 0 bridgehead atoms. The number of hydrogen-bond acceptors (Lipinski definition) is 9. The van der Waals surface area contributed by atoms with Crippen LogP contribution in [0.1, 0.15) is 91.8 Å². The number of ketones is 1. The third-order valence-electron chi connectivity index (χ3n) is 8.22. The van der Waals surface area contributed by atoms with E-state index in [1.54, 1.807) is 32.1 Å². The van der Waals surface area contributed by atoms with Crippen LogP contribution in [0.25, 0.3) is 6.08 Å². The molecule has 40 heavy (non-hydrogen) atoms. The van der Waals surface area contributed by atoms with Crippen LogP contribution >= 0.6 is 11.3 Å². The zero-order chi connectivity index (χ0) is 30.0. The van der Waals surface area contributed by atoms with Gasteiger partial charge < -0.3 is 24.4 Å². The molecule has 8 nitrogen and oxygen atoms in total. The third kappa shape index (κ3) is 8.10. The number of ether oxygens (including phenoxy) is 3. The molecule has 2 N–H and O–H groups in total. The summed E-state index contributed by atoms with van der Waals surface area (Å²) in [5, 5.41) is 25.1. The molecular formula is C31H47NO7S. The highest BCUT2D eigenvalue weighted by atomic mass is 32.1. The first-order valence-corrected chi connectivity index (χ1v) is 15.1. The molecular weight excluding hydrogens is 530 g/mol. The number of cyclic esters (lactones) is 1. The van der Waals surface area contributed by atoms with Crippen molar-refractivity contribution in [1.29, 1.82) is 0 Å². The van der Waals surface area contributed by atoms with E-state index in [0.717, 1.165) is 21.8 Å². The minimum absolute atomic E-state index is 0.225. The molecule has 1 saturated heterocycles. The van der Waals surface area contributed by atoms with Crippen LogP contribution in [0.2, 0.25) is 0 Å². The summed E-state index contributed by atoms with van der Waals surface area (Å²) in [7, 11) is 0. The molecule has 1 aromatic heterocycles. The molecule has 3 heterocycles. The van der Waals surface area contributed by atoms with Gasteiger partial charge in [-0.25, -0.2) is 4.98 Å². The number of carbonyl (C=O) groups excluding carboxylic acids is 2. The lowest BCUT2D eigenvalue weighted by Gasteiger charge is -2.35. The van der Waals surface area contributed by atoms with Crippen molar-refractivity contribution in [1.82, 2.24) is 4.98 Å². The van der Waals surface area contributed by atoms with E-state index in [1.165, 1.54) is 0 Å². The summed E-state index contributed by atoms with van der Waals surface area (Å²) in [6, 6.07) is 0. The van der Waals surface area contributed by atoms with Gasteiger partial charge >= 0.3 is 5.97 Å². The molecule has 9 heteroatoms. The largest absolute Gasteiger partial charge is 0.457 e. The van der Waals surface area contributed by atoms with Crippen molar-refractivity contribution in [3.63, 3.8) is 0 Å². The zero-order valence-electron chi connectivity index (χ0n) is 25.4. The third-order valence-corrected chi connectivity index (χ3v) is 9.02. The van der Waals surface area contributed by atoms with Crippen LogP contribution in [0.15, 0.2) is 22.6 Å². The highest BCUT2D eigenvalue weighted by molar-refractivity contribution is 7.09. The topological polar surface area (TPSA) is 115 Å². The number of hydrogen-bond donors (Lipinski definition) is 2. The first-order chi connectivity index (χ1) is 18.5. The summed E-state index contributed by atoms with van der Waals surface area (Å²) >= 11 is 1.55. The van der Waals surface area contributed by atoms with Crippen LogP contribution in [0.4, 0.5) is 0 Å². The second-order valence-corrected chi connectivity index (χ2v) is 13.7. The quantitative estimate of drug-likeness (QED) is 0.355. The number of aliphatic hydroxyl groups excluding tert-OH is 2. The Labute approximate surface area is 242 Å². The first kappa shape index (κ1) is 32.6. The molecule has 1 fully saturated rings. The molecule has 7 atom stereocenters. The summed E-state index contributed by atoms with van der Waals surface area (Å²) < 4.78 is 18.4. The van der Waals surface area contributed by atoms with Crippen molar-refractivity contribution in [3.8, 4) is 0 Å². The fraction of sp³-hybridized carbons (Fsp3) is 0.710. The maximum atomic E-state index is 13.5. The fourth-order valence-electron chi connectivity index (χ4n) is 5.61. The minimum Gasteiger partial charge on any atom is -0.457 e. The monoisotopic (exact) mass is 577 g/mol. The molecule has 1 aromatic rings. The molecule has 0 saturated carbocycles. The number of aromatic nitrogens is 1. The van der Waals surface area contributed by atoms with Crippen molar-refractivity contribution in [2.45, 2.75) is 124 Å². The van der Waals surface area contributed by atoms with Crippen molar-refractivity contribution in [2.24, 2.45) is 17.3 Å². The Morgan fingerprint density at radius 1 is 1.07 bits per heavy atom. The van der Waals surface area contributed by atoms with Gasteiger partial charge in [-0.05, 0) is 65.0 Å². The molecule has 0 amide bonds. The molecule has 2 unspecified atom stereocenters. The fourth-order valence-corrected chi connectivity index (χ4v) is 6.18. The molecule has 3 rings (SSSR count). The van der Waals surface area contributed by atoms with Crippen LogP contribution in [-0.2, 0) is 23.8 Å². The Morgan fingerprint density at radius 3 is 2.35 bits per heavy atom. The molecule has 0 radical (unpaired) electrons. The van der Waals surface area contributed by atoms with Gasteiger partial charge in [0.1, 0.15) is 11.9 Å². The molecule has 2 aliphatic heterocycles. The van der Waals surface area contributed by atoms with Crippen LogP contribution in [0.5, 0.6) is 0 Å². The van der Waals surface area contributed by atoms with E-state index in [4.69, 9.17) is 14.2 Å². The van der Waals surface area contributed by atoms with E-state index < -0.39 is 41.4 Å². The summed E-state index contributed by atoms with van der Waals surface area (Å²) in [4.78, 5) is 31.1. The van der Waals surface area contributed by atoms with Gasteiger partial charge in [0.15, 0.2) is 5.79 Å². The van der Waals surface area contributed by atoms with E-state index in [2.05, 4.69) is 11.1 Å². The summed E-state index contributed by atoms with van der Waals surface area (Å²) in [6.07, 6.45) is 1.93. The Bertz CT molecular complexity index is 1120. The van der Waals surface area contributed by atoms with E-state index >= 15 is 0 Å². The van der Waals surface area contributed by atoms with Gasteiger partial charge in [0, 0.05) is 17.7 Å². The van der Waals surface area contributed by atoms with Crippen LogP contribution in [0.3, 0.4) is 0 Å². The lowest BCUT2D eigenvalue weighted by molar-refractivity contribution is -0.155. The average molecular weight is 578 g/mol. The van der Waals surface area contributed by atoms with Gasteiger partial charge in [0.25, 0.3) is 0 Å². The van der Waals surface area contributed by atoms with Gasteiger partial charge in [-0.1, -0.05) is 39.3 Å². The lowest BCUT2D eigenvalue weighted by atomic mass is 9.73. The van der Waals surface area contributed by atoms with Crippen LogP contribution in [0, 0.1) is 24.2 Å². The lowest BCUT2D eigenvalue weighted by Crippen LogP contribution is -2.46. The van der Waals surface area contributed by atoms with Gasteiger partial charge in [0.2, 0.25) is 0 Å². The number of nitrogens with zero attached hydrogens (tertiary/aromatic N) is 1. The number of thiazole rings is 1. The second-order valence-electron chi connectivity index (χ2n) is 12.7. The van der Waals surface area contributed by atoms with Crippen molar-refractivity contribution in [3.05, 3.63) is 33.3 Å². The Kier molecular flexibility index (Phi) is 10.6. The Morgan fingerprint density at radius 2 is 1.73 bits per heavy atom. The predicted molar refractivity (Wildman–Crippen MR) is 156 cm³/mol. The summed E-state index contributed by atoms with van der Waals surface area (Å²) in [5.41, 5.74) is 1.43. The number of carbonyl (C=O) groups is 2. The van der Waals surface area contributed by atoms with Gasteiger partial charge in [0.05, 0.1) is 47.0 Å². The second kappa shape index (κ2) is 12.9. The van der Waals surface area contributed by atoms with Gasteiger partial charge in [-0.15, -0.1) is 11.3 Å². The maximum absolute atomic E-state index is 13.5. The number of rotatable bonds is 2. The average Bonchev–Trinajstić information content (AvgIpc) is 3.39. The van der Waals surface area contributed by atoms with Crippen LogP contribution < -0.4 is 0 Å². The summed E-state index contributed by atoms with van der Waals surface area (Å²) in [5.74, 6) is -2.67. The first-order valence-electron chi connectivity index (χ1n) is 14.2. The number of aliphatic hydroxyl groups is 2. The van der Waals surface area contributed by atoms with Gasteiger partial charge in [-0.2, -0.15) is 0 Å². The maximum Gasteiger partial charge on any atom is 0.309 e. The molecule has 0 aromatic carbocycles. The van der Waals surface area contributed by atoms with Crippen LogP contribution in [-0.4, -0.2) is 63.3 Å². The van der Waals surface area contributed by atoms with E-state index in [1.807, 2.05) is 53.0 Å². The van der Waals surface area contributed by atoms with Crippen molar-refractivity contribution in [2.75, 3.05) is 0 Å². The predicted octanol–water partition coefficient (Wildman–Crippen LogP) is 5.40. The van der Waals surface area contributed by atoms with Gasteiger partial charge in [-0.3, -0.25) is 9.59 Å². The summed E-state index contributed by atoms with van der Waals surface area (Å²) in [6.45, 7) is 16.4. The number of Topliss-reactive ketones (excluding diaryl/α,β-unsaturated/α-hetero) is 1. The van der Waals surface area contributed by atoms with Crippen molar-refractivity contribution >= 4 is 29.2 Å². The minimum atomic E-state index is -1.27. The number of esters is 1. The van der Waals surface area contributed by atoms with E-state index in [9.17, 15) is 19.8 Å². The number of fused-ring (bicyclic) bond motifs is 1. The standard InChI is InChI=1S/C31H47NO7S/c1-17-10-11-23(18(2)13-22-16-40-21(5)32-22)37-27(34)15-26(33)30(6,7)29(36)20(4)28(35)19(3)14-25-24(12-17)38-31(8,9)39-25/h10,13,16,19-20,23-26,28,33,35H,11-12,14-15H2,1-9H3/t19-,20+,23-,24?,25?,26-,28-/m0/s1. The Balaban J connectivity index is 1.96. The highest BCUT2D eigenvalue weighted by Crippen LogP contribution is 2.37. The van der Waals surface area contributed by atoms with E-state index in [-0.39, 0.29) is 30.3 Å². The number of aryl methyl sites for hydroxylation is 1. The van der Waals surface area contributed by atoms with E-state index in [0.29, 0.717) is 19.3 Å². The normalized spacial score (nSPS) is 34.5.